The van der Waals surface area contributed by atoms with Crippen LogP contribution in [0.25, 0.3) is 11.0 Å². The number of carbonyl (C=O) groups is 2. The van der Waals surface area contributed by atoms with Gasteiger partial charge < -0.3 is 19.7 Å². The van der Waals surface area contributed by atoms with Crippen molar-refractivity contribution in [1.29, 1.82) is 0 Å². The number of nitrogens with one attached hydrogen (secondary N) is 2. The molecule has 43 heavy (non-hydrogen) atoms. The molecule has 0 spiro atoms. The highest BCUT2D eigenvalue weighted by Crippen LogP contribution is 2.23. The van der Waals surface area contributed by atoms with Crippen molar-refractivity contribution in [2.75, 3.05) is 11.3 Å². The van der Waals surface area contributed by atoms with Crippen molar-refractivity contribution >= 4 is 38.7 Å². The summed E-state index contributed by atoms with van der Waals surface area (Å²) in [6, 6.07) is 15.5. The number of rotatable bonds is 11. The lowest BCUT2D eigenvalue weighted by Gasteiger charge is -2.28. The summed E-state index contributed by atoms with van der Waals surface area (Å²) in [5.41, 5.74) is 0.607. The van der Waals surface area contributed by atoms with E-state index in [1.807, 2.05) is 13.8 Å². The molecule has 228 valence electrons. The van der Waals surface area contributed by atoms with Gasteiger partial charge >= 0.3 is 18.1 Å². The fourth-order valence-corrected chi connectivity index (χ4v) is 5.11. The Labute approximate surface area is 244 Å². The molecule has 0 aliphatic carbocycles. The molecule has 0 aliphatic rings. The van der Waals surface area contributed by atoms with Crippen LogP contribution in [0.4, 0.5) is 18.9 Å². The number of ether oxygens (including phenoxy) is 1. The van der Waals surface area contributed by atoms with E-state index < -0.39 is 45.5 Å². The second kappa shape index (κ2) is 12.5. The fourth-order valence-electron chi connectivity index (χ4n) is 4.04. The molecule has 2 aromatic heterocycles. The first-order valence-corrected chi connectivity index (χ1v) is 14.4. The predicted octanol–water partition coefficient (Wildman–Crippen LogP) is 3.97. The number of β-amino-alcohol motifs (C(OH)–C–C–N with tert-alkyl or cyclic N) is 1. The second-order valence-electron chi connectivity index (χ2n) is 10.2. The molecule has 2 aromatic carbocycles. The van der Waals surface area contributed by atoms with Crippen LogP contribution in [-0.2, 0) is 26.1 Å². The zero-order valence-electron chi connectivity index (χ0n) is 23.0. The van der Waals surface area contributed by atoms with Crippen molar-refractivity contribution in [3.63, 3.8) is 0 Å². The number of imidazole rings is 1. The Kier molecular flexibility index (Phi) is 9.18. The van der Waals surface area contributed by atoms with Gasteiger partial charge in [-0.2, -0.15) is 13.2 Å². The van der Waals surface area contributed by atoms with E-state index in [0.717, 1.165) is 6.07 Å². The first-order valence-electron chi connectivity index (χ1n) is 12.9. The van der Waals surface area contributed by atoms with Gasteiger partial charge in [-0.3, -0.25) is 4.72 Å². The minimum Gasteiger partial charge on any atom is -0.387 e. The molecule has 15 heteroatoms. The molecule has 11 nitrogen and oxygen atoms in total. The number of aliphatic hydroxyl groups is 1. The number of aliphatic hydroxyl groups excluding tert-OH is 1. The van der Waals surface area contributed by atoms with E-state index in [9.17, 15) is 36.3 Å². The highest BCUT2D eigenvalue weighted by Gasteiger charge is 2.42. The Hall–Kier alpha value is -4.34. The minimum absolute atomic E-state index is 0.117. The molecule has 4 rings (SSSR count). The smallest absolute Gasteiger partial charge is 0.387 e. The molecular weight excluding hydrogens is 591 g/mol. The van der Waals surface area contributed by atoms with E-state index in [0.29, 0.717) is 29.7 Å². The van der Waals surface area contributed by atoms with Gasteiger partial charge in [0.25, 0.3) is 10.0 Å². The second-order valence-corrected chi connectivity index (χ2v) is 11.9. The Morgan fingerprint density at radius 1 is 1.05 bits per heavy atom. The number of nitrogens with zero attached hydrogens (tertiary/aromatic N) is 3. The van der Waals surface area contributed by atoms with E-state index >= 15 is 0 Å². The van der Waals surface area contributed by atoms with Gasteiger partial charge in [0, 0.05) is 24.3 Å². The number of sulfonamides is 1. The average molecular weight is 620 g/mol. The molecule has 0 bridgehead atoms. The number of aryl methyl sites for hydroxylation is 1. The van der Waals surface area contributed by atoms with Gasteiger partial charge in [-0.1, -0.05) is 30.3 Å². The minimum atomic E-state index is -5.31. The zero-order valence-corrected chi connectivity index (χ0v) is 23.8. The molecule has 3 N–H and O–H groups in total. The van der Waals surface area contributed by atoms with Gasteiger partial charge in [0.2, 0.25) is 0 Å². The Bertz CT molecular complexity index is 1730. The van der Waals surface area contributed by atoms with Crippen molar-refractivity contribution in [3.8, 4) is 0 Å². The summed E-state index contributed by atoms with van der Waals surface area (Å²) in [6.45, 7) is 4.44. The van der Waals surface area contributed by atoms with Crippen LogP contribution in [0.2, 0.25) is 0 Å². The number of benzene rings is 2. The summed E-state index contributed by atoms with van der Waals surface area (Å²) < 4.78 is 70.5. The van der Waals surface area contributed by atoms with Gasteiger partial charge in [0.1, 0.15) is 0 Å². The lowest BCUT2D eigenvalue weighted by Crippen LogP contribution is -2.42. The molecule has 0 fully saturated rings. The molecule has 1 atom stereocenters. The lowest BCUT2D eigenvalue weighted by atomic mass is 9.99. The maximum Gasteiger partial charge on any atom is 0.491 e. The van der Waals surface area contributed by atoms with E-state index in [1.54, 1.807) is 47.0 Å². The van der Waals surface area contributed by atoms with Crippen LogP contribution < -0.4 is 10.0 Å². The normalized spacial score (nSPS) is 13.1. The Morgan fingerprint density at radius 2 is 1.77 bits per heavy atom. The number of carbonyl (C=O) groups excluding carboxylic acids is 2. The third-order valence-corrected chi connectivity index (χ3v) is 7.86. The van der Waals surface area contributed by atoms with E-state index in [4.69, 9.17) is 0 Å². The van der Waals surface area contributed by atoms with Crippen molar-refractivity contribution in [2.24, 2.45) is 0 Å². The van der Waals surface area contributed by atoms with E-state index in [-0.39, 0.29) is 17.0 Å². The van der Waals surface area contributed by atoms with Crippen LogP contribution in [-0.4, -0.2) is 58.3 Å². The van der Waals surface area contributed by atoms with Gasteiger partial charge in [0.05, 0.1) is 34.6 Å². The number of esters is 2. The molecule has 4 aromatic rings. The first-order chi connectivity index (χ1) is 20.1. The number of aromatic nitrogens is 3. The summed E-state index contributed by atoms with van der Waals surface area (Å²) in [5.74, 6) is -4.17. The van der Waals surface area contributed by atoms with Crippen LogP contribution >= 0.6 is 0 Å². The average Bonchev–Trinajstić information content (AvgIpc) is 3.37. The summed E-state index contributed by atoms with van der Waals surface area (Å²) in [7, 11) is -3.79. The quantitative estimate of drug-likeness (QED) is 0.167. The van der Waals surface area contributed by atoms with Crippen molar-refractivity contribution in [2.45, 2.75) is 49.5 Å². The van der Waals surface area contributed by atoms with Gasteiger partial charge in [-0.15, -0.1) is 0 Å². The Morgan fingerprint density at radius 3 is 2.47 bits per heavy atom. The first kappa shape index (κ1) is 31.6. The Balaban J connectivity index is 1.34. The third kappa shape index (κ3) is 8.15. The highest BCUT2D eigenvalue weighted by atomic mass is 32.2. The molecule has 2 heterocycles. The van der Waals surface area contributed by atoms with Gasteiger partial charge in [-0.25, -0.2) is 28.0 Å². The summed E-state index contributed by atoms with van der Waals surface area (Å²) >= 11 is 0. The number of fused-ring (bicyclic) bond motifs is 1. The summed E-state index contributed by atoms with van der Waals surface area (Å²) in [5, 5.41) is 14.1. The summed E-state index contributed by atoms with van der Waals surface area (Å²) in [6.07, 6.45) is -2.98. The van der Waals surface area contributed by atoms with Crippen LogP contribution in [0.1, 0.15) is 42.4 Å². The molecule has 0 aliphatic heterocycles. The topological polar surface area (TPSA) is 153 Å². The predicted molar refractivity (Wildman–Crippen MR) is 149 cm³/mol. The number of anilines is 1. The van der Waals surface area contributed by atoms with Gasteiger partial charge in [-0.05, 0) is 56.2 Å². The number of hydrogen-bond acceptors (Lipinski definition) is 9. The lowest BCUT2D eigenvalue weighted by molar-refractivity contribution is -0.193. The van der Waals surface area contributed by atoms with Crippen LogP contribution in [0, 0.1) is 0 Å². The monoisotopic (exact) mass is 619 g/mol. The molecule has 0 amide bonds. The molecule has 0 saturated carbocycles. The highest BCUT2D eigenvalue weighted by molar-refractivity contribution is 7.92. The SMILES string of the molecule is CC(C)(CCn1cnc2cc(C(=O)OC(=O)C(F)(F)F)ncc21)NCC(O)c1cccc(NS(=O)(=O)c2ccccc2)c1. The maximum atomic E-state index is 12.6. The van der Waals surface area contributed by atoms with Gasteiger partial charge in [0.15, 0.2) is 5.69 Å². The van der Waals surface area contributed by atoms with E-state index in [1.165, 1.54) is 24.7 Å². The third-order valence-electron chi connectivity index (χ3n) is 6.46. The number of alkyl halides is 3. The summed E-state index contributed by atoms with van der Waals surface area (Å²) in [4.78, 5) is 30.9. The fraction of sp³-hybridized carbons (Fsp3) is 0.286. The van der Waals surface area contributed by atoms with Crippen molar-refractivity contribution < 1.29 is 41.0 Å². The molecule has 0 saturated heterocycles. The van der Waals surface area contributed by atoms with E-state index in [2.05, 4.69) is 24.7 Å². The number of hydrogen-bond donors (Lipinski definition) is 3. The van der Waals surface area contributed by atoms with Crippen LogP contribution in [0.3, 0.4) is 0 Å². The number of halogens is 3. The van der Waals surface area contributed by atoms with Crippen LogP contribution in [0.5, 0.6) is 0 Å². The number of pyridine rings is 1. The van der Waals surface area contributed by atoms with Crippen molar-refractivity contribution in [1.82, 2.24) is 19.9 Å². The maximum absolute atomic E-state index is 12.6. The zero-order chi connectivity index (χ0) is 31.4. The molecule has 0 radical (unpaired) electrons. The largest absolute Gasteiger partial charge is 0.491 e. The molecule has 1 unspecified atom stereocenters. The van der Waals surface area contributed by atoms with Crippen molar-refractivity contribution in [3.05, 3.63) is 84.4 Å². The van der Waals surface area contributed by atoms with Crippen LogP contribution in [0.15, 0.2) is 78.1 Å². The molecular formula is C28H28F3N5O6S. The standard InChI is InChI=1S/C28H28F3N5O6S/c1-27(2,11-12-36-17-33-21-14-22(32-15-23(21)36)25(38)42-26(39)28(29,30)31)34-16-24(37)18-7-6-8-19(13-18)35-43(40,41)20-9-4-3-5-10-20/h3-10,13-15,17,24,34-35,37H,11-12,16H2,1-2H3.